The van der Waals surface area contributed by atoms with Gasteiger partial charge in [0.15, 0.2) is 0 Å². The molecule has 0 saturated carbocycles. The second kappa shape index (κ2) is 4.45. The lowest BCUT2D eigenvalue weighted by molar-refractivity contribution is 0.505. The quantitative estimate of drug-likeness (QED) is 0.727. The Kier molecular flexibility index (Phi) is 3.50. The Morgan fingerprint density at radius 1 is 1.36 bits per heavy atom. The number of aromatic nitrogens is 2. The molecule has 0 aromatic carbocycles. The molecule has 7 heteroatoms. The van der Waals surface area contributed by atoms with Gasteiger partial charge in [-0.2, -0.15) is 17.4 Å². The Labute approximate surface area is 83.2 Å². The summed E-state index contributed by atoms with van der Waals surface area (Å²) in [4.78, 5) is 7.54. The number of nitrogens with one attached hydrogen (secondary N) is 1. The summed E-state index contributed by atoms with van der Waals surface area (Å²) in [6.07, 6.45) is 4.51. The fourth-order valence-electron chi connectivity index (χ4n) is 0.725. The molecular weight excluding hydrogens is 204 g/mol. The van der Waals surface area contributed by atoms with Gasteiger partial charge in [0.1, 0.15) is 6.33 Å². The van der Waals surface area contributed by atoms with Crippen LogP contribution in [0.4, 0.5) is 0 Å². The fourth-order valence-corrected chi connectivity index (χ4v) is 1.33. The number of hydrogen-bond acceptors (Lipinski definition) is 4. The topological polar surface area (TPSA) is 75.2 Å². The molecule has 0 spiro atoms. The predicted molar refractivity (Wildman–Crippen MR) is 51.5 cm³/mol. The molecule has 1 aromatic rings. The van der Waals surface area contributed by atoms with Crippen LogP contribution in [0, 0.1) is 0 Å². The number of nitrogens with zero attached hydrogens (tertiary/aromatic N) is 3. The molecule has 14 heavy (non-hydrogen) atoms. The normalized spacial score (nSPS) is 11.9. The molecule has 0 aliphatic carbocycles. The van der Waals surface area contributed by atoms with Gasteiger partial charge in [-0.3, -0.25) is 0 Å². The molecule has 0 aliphatic rings. The third-order valence-corrected chi connectivity index (χ3v) is 3.02. The molecule has 0 radical (unpaired) electrons. The van der Waals surface area contributed by atoms with Gasteiger partial charge >= 0.3 is 0 Å². The highest BCUT2D eigenvalue weighted by Crippen LogP contribution is 1.95. The van der Waals surface area contributed by atoms with Gasteiger partial charge in [0.25, 0.3) is 10.2 Å². The highest BCUT2D eigenvalue weighted by molar-refractivity contribution is 7.87. The van der Waals surface area contributed by atoms with E-state index in [2.05, 4.69) is 14.7 Å². The molecule has 1 aromatic heterocycles. The zero-order valence-corrected chi connectivity index (χ0v) is 8.82. The highest BCUT2D eigenvalue weighted by atomic mass is 32.2. The third kappa shape index (κ3) is 3.02. The first-order valence-corrected chi connectivity index (χ1v) is 5.37. The van der Waals surface area contributed by atoms with Crippen LogP contribution in [0.5, 0.6) is 0 Å². The zero-order valence-electron chi connectivity index (χ0n) is 8.01. The third-order valence-electron chi connectivity index (χ3n) is 1.55. The first kappa shape index (κ1) is 11.0. The van der Waals surface area contributed by atoms with Crippen molar-refractivity contribution in [3.8, 4) is 0 Å². The molecule has 0 fully saturated rings. The lowest BCUT2D eigenvalue weighted by Gasteiger charge is -2.11. The van der Waals surface area contributed by atoms with Gasteiger partial charge in [-0.25, -0.2) is 9.97 Å². The molecule has 0 unspecified atom stereocenters. The van der Waals surface area contributed by atoms with Crippen molar-refractivity contribution in [2.75, 3.05) is 14.1 Å². The van der Waals surface area contributed by atoms with Gasteiger partial charge in [0.2, 0.25) is 0 Å². The first-order chi connectivity index (χ1) is 6.52. The minimum absolute atomic E-state index is 0.196. The maximum atomic E-state index is 11.3. The van der Waals surface area contributed by atoms with Gasteiger partial charge in [-0.1, -0.05) is 0 Å². The molecule has 0 aliphatic heterocycles. The van der Waals surface area contributed by atoms with Crippen LogP contribution in [0.15, 0.2) is 18.7 Å². The van der Waals surface area contributed by atoms with Gasteiger partial charge in [0, 0.05) is 38.6 Å². The van der Waals surface area contributed by atoms with Crippen molar-refractivity contribution in [2.45, 2.75) is 6.54 Å². The van der Waals surface area contributed by atoms with Crippen LogP contribution in [-0.4, -0.2) is 36.8 Å². The second-order valence-electron chi connectivity index (χ2n) is 2.86. The van der Waals surface area contributed by atoms with Gasteiger partial charge in [-0.05, 0) is 0 Å². The van der Waals surface area contributed by atoms with E-state index < -0.39 is 10.2 Å². The second-order valence-corrected chi connectivity index (χ2v) is 4.82. The van der Waals surface area contributed by atoms with E-state index in [1.165, 1.54) is 20.4 Å². The molecular formula is C7H12N4O2S. The monoisotopic (exact) mass is 216 g/mol. The van der Waals surface area contributed by atoms with Crippen molar-refractivity contribution in [3.05, 3.63) is 24.3 Å². The van der Waals surface area contributed by atoms with Gasteiger partial charge in [0.05, 0.1) is 0 Å². The van der Waals surface area contributed by atoms with Crippen molar-refractivity contribution in [2.24, 2.45) is 0 Å². The van der Waals surface area contributed by atoms with E-state index in [9.17, 15) is 8.42 Å². The Hall–Kier alpha value is -1.05. The first-order valence-electron chi connectivity index (χ1n) is 3.93. The maximum absolute atomic E-state index is 11.3. The predicted octanol–water partition coefficient (Wildman–Crippen LogP) is -0.627. The Morgan fingerprint density at radius 2 is 1.93 bits per heavy atom. The minimum atomic E-state index is -3.37. The van der Waals surface area contributed by atoms with E-state index in [1.807, 2.05) is 0 Å². The summed E-state index contributed by atoms with van der Waals surface area (Å²) in [6, 6.07) is 0. The van der Waals surface area contributed by atoms with Crippen molar-refractivity contribution >= 4 is 10.2 Å². The van der Waals surface area contributed by atoms with E-state index in [0.717, 1.165) is 9.87 Å². The largest absolute Gasteiger partial charge is 0.279 e. The molecule has 1 heterocycles. The summed E-state index contributed by atoms with van der Waals surface area (Å²) >= 11 is 0. The van der Waals surface area contributed by atoms with Crippen LogP contribution in [0.3, 0.4) is 0 Å². The van der Waals surface area contributed by atoms with Crippen LogP contribution in [-0.2, 0) is 16.8 Å². The fraction of sp³-hybridized carbons (Fsp3) is 0.429. The summed E-state index contributed by atoms with van der Waals surface area (Å²) in [5.41, 5.74) is 0.720. The SMILES string of the molecule is CN(C)S(=O)(=O)NCc1cncnc1. The number of hydrogen-bond donors (Lipinski definition) is 1. The molecule has 0 saturated heterocycles. The van der Waals surface area contributed by atoms with Crippen LogP contribution < -0.4 is 4.72 Å². The van der Waals surface area contributed by atoms with E-state index in [0.29, 0.717) is 0 Å². The molecule has 78 valence electrons. The Balaban J connectivity index is 2.58. The average Bonchev–Trinajstić information content (AvgIpc) is 2.16. The van der Waals surface area contributed by atoms with Crippen molar-refractivity contribution in [1.82, 2.24) is 19.0 Å². The van der Waals surface area contributed by atoms with E-state index in [4.69, 9.17) is 0 Å². The van der Waals surface area contributed by atoms with Crippen LogP contribution in [0.1, 0.15) is 5.56 Å². The lowest BCUT2D eigenvalue weighted by Crippen LogP contribution is -2.35. The molecule has 1 rings (SSSR count). The summed E-state index contributed by atoms with van der Waals surface area (Å²) < 4.78 is 26.1. The Bertz CT molecular complexity index is 376. The minimum Gasteiger partial charge on any atom is -0.244 e. The molecule has 0 amide bonds. The van der Waals surface area contributed by atoms with E-state index >= 15 is 0 Å². The van der Waals surface area contributed by atoms with Crippen molar-refractivity contribution in [1.29, 1.82) is 0 Å². The maximum Gasteiger partial charge on any atom is 0.279 e. The van der Waals surface area contributed by atoms with Crippen LogP contribution in [0.25, 0.3) is 0 Å². The lowest BCUT2D eigenvalue weighted by atomic mass is 10.4. The number of rotatable bonds is 4. The molecule has 0 bridgehead atoms. The standard InChI is InChI=1S/C7H12N4O2S/c1-11(2)14(12,13)10-5-7-3-8-6-9-4-7/h3-4,6,10H,5H2,1-2H3. The smallest absolute Gasteiger partial charge is 0.244 e. The molecule has 6 nitrogen and oxygen atoms in total. The van der Waals surface area contributed by atoms with Crippen LogP contribution >= 0.6 is 0 Å². The van der Waals surface area contributed by atoms with Crippen molar-refractivity contribution < 1.29 is 8.42 Å². The summed E-state index contributed by atoms with van der Waals surface area (Å²) in [5, 5.41) is 0. The molecule has 1 N–H and O–H groups in total. The van der Waals surface area contributed by atoms with E-state index in [1.54, 1.807) is 12.4 Å². The van der Waals surface area contributed by atoms with Gasteiger partial charge in [-0.15, -0.1) is 0 Å². The van der Waals surface area contributed by atoms with Crippen LogP contribution in [0.2, 0.25) is 0 Å². The van der Waals surface area contributed by atoms with Crippen molar-refractivity contribution in [3.63, 3.8) is 0 Å². The van der Waals surface area contributed by atoms with Gasteiger partial charge < -0.3 is 0 Å². The summed E-state index contributed by atoms with van der Waals surface area (Å²) in [7, 11) is -0.444. The highest BCUT2D eigenvalue weighted by Gasteiger charge is 2.11. The Morgan fingerprint density at radius 3 is 2.43 bits per heavy atom. The summed E-state index contributed by atoms with van der Waals surface area (Å²) in [5.74, 6) is 0. The molecule has 0 atom stereocenters. The van der Waals surface area contributed by atoms with E-state index in [-0.39, 0.29) is 6.54 Å². The zero-order chi connectivity index (χ0) is 10.6. The average molecular weight is 216 g/mol. The summed E-state index contributed by atoms with van der Waals surface area (Å²) in [6.45, 7) is 0.196.